The lowest BCUT2D eigenvalue weighted by molar-refractivity contribution is -0.112. The number of nitrogens with two attached hydrogens (primary N) is 1. The Hall–Kier alpha value is -1.84. The number of nitrogens with zero attached hydrogens (tertiary/aromatic N) is 1. The molecule has 1 aromatic rings. The van der Waals surface area contributed by atoms with Crippen molar-refractivity contribution in [1.82, 2.24) is 5.32 Å². The van der Waals surface area contributed by atoms with Crippen LogP contribution in [0.15, 0.2) is 23.9 Å². The van der Waals surface area contributed by atoms with Crippen LogP contribution in [0.1, 0.15) is 18.4 Å². The number of halogens is 1. The van der Waals surface area contributed by atoms with E-state index in [1.807, 2.05) is 0 Å². The monoisotopic (exact) mass is 217 g/mol. The summed E-state index contributed by atoms with van der Waals surface area (Å²) in [6, 6.07) is 4.26. The molecule has 1 aromatic carbocycles. The maximum Gasteiger partial charge on any atom is 0.251 e. The zero-order valence-electron chi connectivity index (χ0n) is 8.53. The molecule has 81 valence electrons. The Labute approximate surface area is 92.1 Å². The van der Waals surface area contributed by atoms with Crippen molar-refractivity contribution < 1.29 is 9.18 Å². The van der Waals surface area contributed by atoms with E-state index in [4.69, 9.17) is 5.73 Å². The summed E-state index contributed by atoms with van der Waals surface area (Å²) >= 11 is 0. The summed E-state index contributed by atoms with van der Waals surface area (Å²) in [6.07, 6.45) is 2.07. The molecule has 0 saturated heterocycles. The minimum atomic E-state index is -0.519. The van der Waals surface area contributed by atoms with Gasteiger partial charge in [-0.05, 0) is 31.0 Å². The Bertz CT molecular complexity index is 518. The maximum atomic E-state index is 13.1. The number of carbonyl (C=O) groups is 1. The van der Waals surface area contributed by atoms with E-state index in [0.29, 0.717) is 22.7 Å². The molecule has 2 N–H and O–H groups in total. The number of allylic oxidation sites excluding steroid dienone is 1. The van der Waals surface area contributed by atoms with Gasteiger partial charge in [-0.2, -0.15) is 0 Å². The summed E-state index contributed by atoms with van der Waals surface area (Å²) < 4.78 is 13.1. The highest BCUT2D eigenvalue weighted by Crippen LogP contribution is 2.45. The van der Waals surface area contributed by atoms with Crippen LogP contribution in [0.2, 0.25) is 0 Å². The molecule has 0 spiro atoms. The van der Waals surface area contributed by atoms with Crippen LogP contribution >= 0.6 is 0 Å². The van der Waals surface area contributed by atoms with Crippen molar-refractivity contribution in [2.24, 2.45) is 11.7 Å². The van der Waals surface area contributed by atoms with Gasteiger partial charge in [0.2, 0.25) is 0 Å². The van der Waals surface area contributed by atoms with Gasteiger partial charge in [0.05, 0.1) is 17.0 Å². The molecule has 1 radical (unpaired) electrons. The van der Waals surface area contributed by atoms with Gasteiger partial charge in [0.1, 0.15) is 5.82 Å². The minimum Gasteiger partial charge on any atom is -0.366 e. The van der Waals surface area contributed by atoms with E-state index < -0.39 is 5.91 Å². The molecule has 3 nitrogen and oxygen atoms in total. The summed E-state index contributed by atoms with van der Waals surface area (Å²) in [6.45, 7) is 0. The third-order valence-electron chi connectivity index (χ3n) is 2.94. The fourth-order valence-electron chi connectivity index (χ4n) is 2.04. The smallest absolute Gasteiger partial charge is 0.251 e. The van der Waals surface area contributed by atoms with E-state index in [0.717, 1.165) is 18.5 Å². The average molecular weight is 217 g/mol. The molecular weight excluding hydrogens is 207 g/mol. The second kappa shape index (κ2) is 3.07. The Balaban J connectivity index is 2.15. The van der Waals surface area contributed by atoms with Crippen molar-refractivity contribution in [3.8, 4) is 0 Å². The van der Waals surface area contributed by atoms with E-state index in [2.05, 4.69) is 5.32 Å². The summed E-state index contributed by atoms with van der Waals surface area (Å²) in [7, 11) is 0. The van der Waals surface area contributed by atoms with Gasteiger partial charge in [-0.1, -0.05) is 0 Å². The molecule has 1 heterocycles. The van der Waals surface area contributed by atoms with Crippen LogP contribution in [0, 0.1) is 11.7 Å². The molecule has 1 aliphatic heterocycles. The van der Waals surface area contributed by atoms with Crippen LogP contribution in [0.4, 0.5) is 10.1 Å². The highest BCUT2D eigenvalue weighted by molar-refractivity contribution is 6.22. The first kappa shape index (κ1) is 9.39. The number of rotatable bonds is 2. The van der Waals surface area contributed by atoms with Crippen molar-refractivity contribution in [3.63, 3.8) is 0 Å². The lowest BCUT2D eigenvalue weighted by Crippen LogP contribution is -2.14. The fraction of sp³-hybridized carbons (Fsp3) is 0.250. The molecule has 4 heteroatoms. The van der Waals surface area contributed by atoms with Gasteiger partial charge in [0.15, 0.2) is 0 Å². The molecule has 2 aliphatic rings. The molecule has 3 rings (SSSR count). The number of fused-ring (bicyclic) bond motifs is 1. The van der Waals surface area contributed by atoms with Crippen molar-refractivity contribution in [2.45, 2.75) is 12.8 Å². The van der Waals surface area contributed by atoms with Crippen LogP contribution in [0.25, 0.3) is 5.57 Å². The molecule has 1 fully saturated rings. The minimum absolute atomic E-state index is 0.331. The van der Waals surface area contributed by atoms with E-state index in [1.165, 1.54) is 12.1 Å². The fourth-order valence-corrected chi connectivity index (χ4v) is 2.04. The second-order valence-electron chi connectivity index (χ2n) is 4.17. The van der Waals surface area contributed by atoms with Gasteiger partial charge in [-0.25, -0.2) is 4.39 Å². The summed E-state index contributed by atoms with van der Waals surface area (Å²) in [4.78, 5) is 11.4. The van der Waals surface area contributed by atoms with E-state index in [1.54, 1.807) is 6.07 Å². The molecule has 0 bridgehead atoms. The van der Waals surface area contributed by atoms with Crippen molar-refractivity contribution in [2.75, 3.05) is 0 Å². The van der Waals surface area contributed by atoms with Crippen LogP contribution in [-0.4, -0.2) is 5.91 Å². The predicted octanol–water partition coefficient (Wildman–Crippen LogP) is 1.68. The predicted molar refractivity (Wildman–Crippen MR) is 57.0 cm³/mol. The Morgan fingerprint density at radius 1 is 1.44 bits per heavy atom. The van der Waals surface area contributed by atoms with E-state index in [-0.39, 0.29) is 5.82 Å². The molecule has 0 unspecified atom stereocenters. The number of benzene rings is 1. The molecule has 1 saturated carbocycles. The lowest BCUT2D eigenvalue weighted by Gasteiger charge is -2.00. The molecule has 16 heavy (non-hydrogen) atoms. The Kier molecular flexibility index (Phi) is 1.80. The Morgan fingerprint density at radius 2 is 2.19 bits per heavy atom. The normalized spacial score (nSPS) is 18.3. The van der Waals surface area contributed by atoms with Crippen molar-refractivity contribution in [3.05, 3.63) is 35.3 Å². The maximum absolute atomic E-state index is 13.1. The summed E-state index contributed by atoms with van der Waals surface area (Å²) in [5, 5.41) is 4.37. The number of carbonyl (C=O) groups excluding carboxylic acids is 1. The number of hydrogen-bond donors (Lipinski definition) is 1. The quantitative estimate of drug-likeness (QED) is 0.805. The first-order valence-corrected chi connectivity index (χ1v) is 5.22. The number of hydrogen-bond acceptors (Lipinski definition) is 1. The first-order valence-electron chi connectivity index (χ1n) is 5.22. The first-order chi connectivity index (χ1) is 7.66. The largest absolute Gasteiger partial charge is 0.366 e. The summed E-state index contributed by atoms with van der Waals surface area (Å²) in [5.74, 6) is -0.558. The van der Waals surface area contributed by atoms with Crippen LogP contribution in [0.5, 0.6) is 0 Å². The van der Waals surface area contributed by atoms with Gasteiger partial charge in [0.25, 0.3) is 5.91 Å². The molecule has 1 amide bonds. The SMILES string of the molecule is NC(=O)C1=C(C2CC2)[N]c2ccc(F)cc21. The molecule has 0 atom stereocenters. The Morgan fingerprint density at radius 3 is 2.81 bits per heavy atom. The number of primary amides is 1. The van der Waals surface area contributed by atoms with Crippen LogP contribution in [-0.2, 0) is 4.79 Å². The summed E-state index contributed by atoms with van der Waals surface area (Å²) in [5.41, 5.74) is 7.67. The second-order valence-corrected chi connectivity index (χ2v) is 4.17. The highest BCUT2D eigenvalue weighted by Gasteiger charge is 2.36. The van der Waals surface area contributed by atoms with Gasteiger partial charge >= 0.3 is 0 Å². The van der Waals surface area contributed by atoms with Gasteiger partial charge in [-0.3, -0.25) is 10.1 Å². The molecular formula is C12H10FN2O. The van der Waals surface area contributed by atoms with Crippen LogP contribution < -0.4 is 11.1 Å². The number of amides is 1. The average Bonchev–Trinajstić information content (AvgIpc) is 2.99. The van der Waals surface area contributed by atoms with E-state index >= 15 is 0 Å². The zero-order valence-corrected chi connectivity index (χ0v) is 8.53. The standard InChI is InChI=1S/C12H10FN2O/c13-7-3-4-9-8(5-7)10(12(14)16)11(15-9)6-1-2-6/h3-6H,1-2H2,(H2,14,16). The highest BCUT2D eigenvalue weighted by atomic mass is 19.1. The van der Waals surface area contributed by atoms with Crippen LogP contribution in [0.3, 0.4) is 0 Å². The van der Waals surface area contributed by atoms with Crippen molar-refractivity contribution in [1.29, 1.82) is 0 Å². The third-order valence-corrected chi connectivity index (χ3v) is 2.94. The van der Waals surface area contributed by atoms with Gasteiger partial charge in [-0.15, -0.1) is 0 Å². The lowest BCUT2D eigenvalue weighted by atomic mass is 10.0. The third kappa shape index (κ3) is 1.30. The molecule has 0 aromatic heterocycles. The van der Waals surface area contributed by atoms with Gasteiger partial charge in [0, 0.05) is 11.5 Å². The topological polar surface area (TPSA) is 57.2 Å². The van der Waals surface area contributed by atoms with E-state index in [9.17, 15) is 9.18 Å². The zero-order chi connectivity index (χ0) is 11.3. The van der Waals surface area contributed by atoms with Crippen molar-refractivity contribution >= 4 is 17.2 Å². The molecule has 1 aliphatic carbocycles. The van der Waals surface area contributed by atoms with Gasteiger partial charge < -0.3 is 5.73 Å².